The van der Waals surface area contributed by atoms with Crippen LogP contribution >= 0.6 is 0 Å². The number of carbonyl (C=O) groups is 5. The van der Waals surface area contributed by atoms with E-state index < -0.39 is 67.2 Å². The second-order valence-electron chi connectivity index (χ2n) is 7.17. The first-order chi connectivity index (χ1) is 16.0. The second-order valence-corrected chi connectivity index (χ2v) is 7.17. The number of rotatable bonds is 8. The lowest BCUT2D eigenvalue weighted by atomic mass is 9.98. The molecular formula is C22H26O12. The van der Waals surface area contributed by atoms with Crippen molar-refractivity contribution in [1.82, 2.24) is 0 Å². The molecule has 0 aromatic heterocycles. The molecule has 1 aromatic rings. The monoisotopic (exact) mass is 482 g/mol. The SMILES string of the molecule is COc1ccccc1C(=O)O[C@@H]1O[C@H](COC(C)=O)[C@@H](OC(C)=O)[C@H](OC(C)=O)[C@H]1OC(C)=O. The van der Waals surface area contributed by atoms with Crippen LogP contribution in [-0.4, -0.2) is 74.3 Å². The van der Waals surface area contributed by atoms with Gasteiger partial charge in [0.15, 0.2) is 12.2 Å². The lowest BCUT2D eigenvalue weighted by molar-refractivity contribution is -0.294. The van der Waals surface area contributed by atoms with E-state index in [-0.39, 0.29) is 11.3 Å². The van der Waals surface area contributed by atoms with Crippen LogP contribution in [0.1, 0.15) is 38.1 Å². The van der Waals surface area contributed by atoms with Crippen LogP contribution in [0.25, 0.3) is 0 Å². The van der Waals surface area contributed by atoms with Crippen molar-refractivity contribution in [1.29, 1.82) is 0 Å². The molecule has 12 heteroatoms. The summed E-state index contributed by atoms with van der Waals surface area (Å²) in [7, 11) is 1.36. The lowest BCUT2D eigenvalue weighted by Gasteiger charge is -2.43. The maximum absolute atomic E-state index is 12.9. The van der Waals surface area contributed by atoms with Gasteiger partial charge in [0.2, 0.25) is 12.4 Å². The molecule has 0 unspecified atom stereocenters. The zero-order valence-electron chi connectivity index (χ0n) is 19.3. The van der Waals surface area contributed by atoms with Crippen molar-refractivity contribution in [2.75, 3.05) is 13.7 Å². The van der Waals surface area contributed by atoms with Crippen LogP contribution < -0.4 is 4.74 Å². The van der Waals surface area contributed by atoms with Gasteiger partial charge in [0.05, 0.1) is 7.11 Å². The van der Waals surface area contributed by atoms with Crippen LogP contribution in [0.15, 0.2) is 24.3 Å². The Morgan fingerprint density at radius 1 is 0.765 bits per heavy atom. The van der Waals surface area contributed by atoms with E-state index >= 15 is 0 Å². The number of hydrogen-bond acceptors (Lipinski definition) is 12. The Labute approximate surface area is 195 Å². The maximum atomic E-state index is 12.9. The smallest absolute Gasteiger partial charge is 0.344 e. The molecule has 186 valence electrons. The average molecular weight is 482 g/mol. The first-order valence-electron chi connectivity index (χ1n) is 10.2. The van der Waals surface area contributed by atoms with Gasteiger partial charge in [0.1, 0.15) is 24.0 Å². The highest BCUT2D eigenvalue weighted by atomic mass is 16.7. The molecule has 1 aliphatic rings. The third-order valence-electron chi connectivity index (χ3n) is 4.50. The Morgan fingerprint density at radius 3 is 1.88 bits per heavy atom. The Hall–Kier alpha value is -3.67. The van der Waals surface area contributed by atoms with Gasteiger partial charge in [0, 0.05) is 27.7 Å². The van der Waals surface area contributed by atoms with Crippen molar-refractivity contribution in [3.05, 3.63) is 29.8 Å². The van der Waals surface area contributed by atoms with E-state index in [2.05, 4.69) is 0 Å². The number of esters is 5. The summed E-state index contributed by atoms with van der Waals surface area (Å²) < 4.78 is 37.1. The third kappa shape index (κ3) is 7.17. The molecule has 0 N–H and O–H groups in total. The molecule has 0 bridgehead atoms. The van der Waals surface area contributed by atoms with E-state index in [0.29, 0.717) is 0 Å². The van der Waals surface area contributed by atoms with Gasteiger partial charge in [-0.2, -0.15) is 0 Å². The Bertz CT molecular complexity index is 926. The largest absolute Gasteiger partial charge is 0.496 e. The van der Waals surface area contributed by atoms with Gasteiger partial charge in [-0.25, -0.2) is 4.79 Å². The standard InChI is InChI=1S/C22H26O12/c1-11(23)29-10-17-18(30-12(2)24)19(31-13(3)25)20(32-14(4)26)22(33-17)34-21(27)15-8-6-7-9-16(15)28-5/h6-9,17-20,22H,10H2,1-5H3/t17-,18-,19+,20-,22+/m1/s1. The van der Waals surface area contributed by atoms with E-state index in [4.69, 9.17) is 33.2 Å². The number of para-hydroxylation sites is 1. The molecule has 34 heavy (non-hydrogen) atoms. The Balaban J connectivity index is 2.46. The first-order valence-corrected chi connectivity index (χ1v) is 10.2. The number of methoxy groups -OCH3 is 1. The molecule has 0 radical (unpaired) electrons. The molecule has 0 saturated carbocycles. The van der Waals surface area contributed by atoms with Gasteiger partial charge >= 0.3 is 29.8 Å². The quantitative estimate of drug-likeness (QED) is 0.383. The molecule has 1 aromatic carbocycles. The molecule has 1 fully saturated rings. The van der Waals surface area contributed by atoms with Crippen molar-refractivity contribution in [2.45, 2.75) is 58.4 Å². The number of ether oxygens (including phenoxy) is 7. The fourth-order valence-electron chi connectivity index (χ4n) is 3.27. The summed E-state index contributed by atoms with van der Waals surface area (Å²) in [6, 6.07) is 6.19. The molecule has 12 nitrogen and oxygen atoms in total. The summed E-state index contributed by atoms with van der Waals surface area (Å²) in [4.78, 5) is 59.6. The molecule has 2 rings (SSSR count). The fraction of sp³-hybridized carbons (Fsp3) is 0.500. The van der Waals surface area contributed by atoms with Crippen molar-refractivity contribution >= 4 is 29.8 Å². The van der Waals surface area contributed by atoms with E-state index in [0.717, 1.165) is 27.7 Å². The summed E-state index contributed by atoms with van der Waals surface area (Å²) in [6.45, 7) is 3.97. The minimum atomic E-state index is -1.63. The van der Waals surface area contributed by atoms with E-state index in [1.807, 2.05) is 0 Å². The zero-order valence-corrected chi connectivity index (χ0v) is 19.3. The van der Waals surface area contributed by atoms with Crippen molar-refractivity contribution in [2.24, 2.45) is 0 Å². The number of hydrogen-bond donors (Lipinski definition) is 0. The van der Waals surface area contributed by atoms with Gasteiger partial charge in [-0.3, -0.25) is 19.2 Å². The third-order valence-corrected chi connectivity index (χ3v) is 4.50. The Kier molecular flexibility index (Phi) is 9.36. The fourth-order valence-corrected chi connectivity index (χ4v) is 3.27. The molecule has 1 heterocycles. The topological polar surface area (TPSA) is 150 Å². The zero-order chi connectivity index (χ0) is 25.4. The lowest BCUT2D eigenvalue weighted by Crippen LogP contribution is -2.63. The maximum Gasteiger partial charge on any atom is 0.344 e. The van der Waals surface area contributed by atoms with E-state index in [1.165, 1.54) is 19.2 Å². The first kappa shape index (κ1) is 26.6. The van der Waals surface area contributed by atoms with E-state index in [1.54, 1.807) is 12.1 Å². The molecule has 5 atom stereocenters. The highest BCUT2D eigenvalue weighted by Crippen LogP contribution is 2.31. The minimum absolute atomic E-state index is 0.0397. The van der Waals surface area contributed by atoms with Crippen molar-refractivity contribution in [3.63, 3.8) is 0 Å². The Morgan fingerprint density at radius 2 is 1.32 bits per heavy atom. The summed E-state index contributed by atoms with van der Waals surface area (Å²) >= 11 is 0. The summed E-state index contributed by atoms with van der Waals surface area (Å²) in [5.41, 5.74) is 0.0397. The second kappa shape index (κ2) is 12.0. The van der Waals surface area contributed by atoms with Crippen molar-refractivity contribution in [3.8, 4) is 5.75 Å². The van der Waals surface area contributed by atoms with Gasteiger partial charge in [0.25, 0.3) is 0 Å². The summed E-state index contributed by atoms with van der Waals surface area (Å²) in [5.74, 6) is -3.76. The van der Waals surface area contributed by atoms with Crippen LogP contribution in [0.2, 0.25) is 0 Å². The van der Waals surface area contributed by atoms with Crippen LogP contribution in [0.3, 0.4) is 0 Å². The summed E-state index contributed by atoms with van der Waals surface area (Å²) in [6.07, 6.45) is -7.18. The minimum Gasteiger partial charge on any atom is -0.496 e. The predicted molar refractivity (Wildman–Crippen MR) is 110 cm³/mol. The van der Waals surface area contributed by atoms with Crippen molar-refractivity contribution < 1.29 is 57.1 Å². The number of benzene rings is 1. The number of carbonyl (C=O) groups excluding carboxylic acids is 5. The molecule has 0 amide bonds. The highest BCUT2D eigenvalue weighted by molar-refractivity contribution is 5.92. The summed E-state index contributed by atoms with van der Waals surface area (Å²) in [5, 5.41) is 0. The highest BCUT2D eigenvalue weighted by Gasteiger charge is 2.53. The van der Waals surface area contributed by atoms with E-state index in [9.17, 15) is 24.0 Å². The average Bonchev–Trinajstić information content (AvgIpc) is 2.75. The van der Waals surface area contributed by atoms with Crippen LogP contribution in [0.5, 0.6) is 5.75 Å². The molecule has 1 aliphatic heterocycles. The van der Waals surface area contributed by atoms with Crippen LogP contribution in [0.4, 0.5) is 0 Å². The van der Waals surface area contributed by atoms with Gasteiger partial charge in [-0.15, -0.1) is 0 Å². The van der Waals surface area contributed by atoms with Crippen LogP contribution in [0, 0.1) is 0 Å². The molecule has 0 aliphatic carbocycles. The predicted octanol–water partition coefficient (Wildman–Crippen LogP) is 0.935. The van der Waals surface area contributed by atoms with Gasteiger partial charge in [-0.1, -0.05) is 12.1 Å². The molecule has 1 saturated heterocycles. The van der Waals surface area contributed by atoms with Crippen LogP contribution in [-0.2, 0) is 47.6 Å². The molecule has 0 spiro atoms. The van der Waals surface area contributed by atoms with Gasteiger partial charge < -0.3 is 33.2 Å². The normalized spacial score (nSPS) is 23.7. The molecular weight excluding hydrogens is 456 g/mol. The van der Waals surface area contributed by atoms with Gasteiger partial charge in [-0.05, 0) is 12.1 Å².